The van der Waals surface area contributed by atoms with Gasteiger partial charge in [-0.25, -0.2) is 0 Å². The third-order valence-electron chi connectivity index (χ3n) is 3.09. The number of rotatable bonds is 6. The first-order valence-corrected chi connectivity index (χ1v) is 6.38. The SMILES string of the molecule is CCOC(=O)C(C(N)=O)C(C)(C)Cc1ccccc1. The predicted octanol–water partition coefficient (Wildman–Crippen LogP) is 1.92. The molecule has 104 valence electrons. The van der Waals surface area contributed by atoms with Crippen LogP contribution in [0.1, 0.15) is 26.3 Å². The summed E-state index contributed by atoms with van der Waals surface area (Å²) in [7, 11) is 0. The van der Waals surface area contributed by atoms with Gasteiger partial charge in [0, 0.05) is 0 Å². The van der Waals surface area contributed by atoms with Crippen LogP contribution >= 0.6 is 0 Å². The molecule has 0 bridgehead atoms. The van der Waals surface area contributed by atoms with Crippen molar-refractivity contribution in [1.82, 2.24) is 0 Å². The molecule has 1 aromatic carbocycles. The van der Waals surface area contributed by atoms with E-state index in [1.165, 1.54) is 0 Å². The molecule has 0 fully saturated rings. The standard InChI is InChI=1S/C15H21NO3/c1-4-19-14(18)12(13(16)17)15(2,3)10-11-8-6-5-7-9-11/h5-9,12H,4,10H2,1-3H3,(H2,16,17). The van der Waals surface area contributed by atoms with Crippen molar-refractivity contribution in [2.24, 2.45) is 17.1 Å². The number of benzene rings is 1. The van der Waals surface area contributed by atoms with Crippen molar-refractivity contribution in [3.63, 3.8) is 0 Å². The van der Waals surface area contributed by atoms with Gasteiger partial charge in [0.25, 0.3) is 0 Å². The first-order valence-electron chi connectivity index (χ1n) is 6.38. The molecule has 1 rings (SSSR count). The van der Waals surface area contributed by atoms with Gasteiger partial charge < -0.3 is 10.5 Å². The van der Waals surface area contributed by atoms with Crippen molar-refractivity contribution in [2.75, 3.05) is 6.61 Å². The smallest absolute Gasteiger partial charge is 0.319 e. The fourth-order valence-electron chi connectivity index (χ4n) is 2.27. The highest BCUT2D eigenvalue weighted by molar-refractivity contribution is 5.97. The largest absolute Gasteiger partial charge is 0.465 e. The van der Waals surface area contributed by atoms with Crippen molar-refractivity contribution < 1.29 is 14.3 Å². The molecule has 2 N–H and O–H groups in total. The van der Waals surface area contributed by atoms with Gasteiger partial charge in [-0.05, 0) is 24.3 Å². The third kappa shape index (κ3) is 4.09. The van der Waals surface area contributed by atoms with Crippen LogP contribution < -0.4 is 5.73 Å². The minimum atomic E-state index is -0.937. The lowest BCUT2D eigenvalue weighted by Crippen LogP contribution is -2.43. The highest BCUT2D eigenvalue weighted by atomic mass is 16.5. The van der Waals surface area contributed by atoms with Gasteiger partial charge in [0.05, 0.1) is 6.61 Å². The zero-order valence-electron chi connectivity index (χ0n) is 11.7. The van der Waals surface area contributed by atoms with E-state index >= 15 is 0 Å². The predicted molar refractivity (Wildman–Crippen MR) is 73.2 cm³/mol. The third-order valence-corrected chi connectivity index (χ3v) is 3.09. The van der Waals surface area contributed by atoms with Gasteiger partial charge in [-0.3, -0.25) is 9.59 Å². The molecule has 0 radical (unpaired) electrons. The Balaban J connectivity index is 2.93. The van der Waals surface area contributed by atoms with Crippen LogP contribution in [0.5, 0.6) is 0 Å². The van der Waals surface area contributed by atoms with Crippen LogP contribution in [-0.4, -0.2) is 18.5 Å². The first kappa shape index (κ1) is 15.2. The minimum Gasteiger partial charge on any atom is -0.465 e. The summed E-state index contributed by atoms with van der Waals surface area (Å²) in [6.45, 7) is 5.66. The number of nitrogens with two attached hydrogens (primary N) is 1. The van der Waals surface area contributed by atoms with Crippen molar-refractivity contribution in [3.05, 3.63) is 35.9 Å². The highest BCUT2D eigenvalue weighted by Crippen LogP contribution is 2.32. The van der Waals surface area contributed by atoms with Crippen LogP contribution in [-0.2, 0) is 20.7 Å². The monoisotopic (exact) mass is 263 g/mol. The van der Waals surface area contributed by atoms with Gasteiger partial charge in [-0.1, -0.05) is 44.2 Å². The fourth-order valence-corrected chi connectivity index (χ4v) is 2.27. The molecule has 0 spiro atoms. The second kappa shape index (κ2) is 6.36. The van der Waals surface area contributed by atoms with Gasteiger partial charge in [0.2, 0.25) is 5.91 Å². The van der Waals surface area contributed by atoms with Crippen molar-refractivity contribution in [2.45, 2.75) is 27.2 Å². The molecule has 1 unspecified atom stereocenters. The van der Waals surface area contributed by atoms with Crippen molar-refractivity contribution in [3.8, 4) is 0 Å². The lowest BCUT2D eigenvalue weighted by Gasteiger charge is -2.30. The van der Waals surface area contributed by atoms with Crippen molar-refractivity contribution in [1.29, 1.82) is 0 Å². The van der Waals surface area contributed by atoms with E-state index in [9.17, 15) is 9.59 Å². The van der Waals surface area contributed by atoms with E-state index in [0.29, 0.717) is 6.42 Å². The number of carbonyl (C=O) groups is 2. The normalized spacial score (nSPS) is 12.8. The van der Waals surface area contributed by atoms with E-state index in [0.717, 1.165) is 5.56 Å². The molecule has 0 aliphatic heterocycles. The number of carbonyl (C=O) groups excluding carboxylic acids is 2. The molecule has 19 heavy (non-hydrogen) atoms. The number of hydrogen-bond acceptors (Lipinski definition) is 3. The van der Waals surface area contributed by atoms with Gasteiger partial charge in [-0.15, -0.1) is 0 Å². The minimum absolute atomic E-state index is 0.240. The quantitative estimate of drug-likeness (QED) is 0.629. The second-order valence-corrected chi connectivity index (χ2v) is 5.24. The fraction of sp³-hybridized carbons (Fsp3) is 0.467. The molecule has 0 aromatic heterocycles. The molecule has 1 aromatic rings. The molecule has 0 saturated heterocycles. The maximum atomic E-state index is 11.9. The van der Waals surface area contributed by atoms with Crippen LogP contribution in [0.4, 0.5) is 0 Å². The topological polar surface area (TPSA) is 69.4 Å². The highest BCUT2D eigenvalue weighted by Gasteiger charge is 2.40. The number of esters is 1. The summed E-state index contributed by atoms with van der Waals surface area (Å²) >= 11 is 0. The Labute approximate surface area is 113 Å². The summed E-state index contributed by atoms with van der Waals surface area (Å²) < 4.78 is 4.95. The second-order valence-electron chi connectivity index (χ2n) is 5.24. The van der Waals surface area contributed by atoms with Crippen LogP contribution in [0.15, 0.2) is 30.3 Å². The summed E-state index contributed by atoms with van der Waals surface area (Å²) in [4.78, 5) is 23.5. The van der Waals surface area contributed by atoms with E-state index in [4.69, 9.17) is 10.5 Å². The van der Waals surface area contributed by atoms with E-state index in [1.54, 1.807) is 6.92 Å². The Morgan fingerprint density at radius 2 is 1.84 bits per heavy atom. The average Bonchev–Trinajstić information content (AvgIpc) is 2.28. The lowest BCUT2D eigenvalue weighted by atomic mass is 9.74. The van der Waals surface area contributed by atoms with Gasteiger partial charge in [0.1, 0.15) is 5.92 Å². The number of primary amides is 1. The molecular formula is C15H21NO3. The first-order chi connectivity index (χ1) is 8.88. The Kier molecular flexibility index (Phi) is 5.10. The maximum Gasteiger partial charge on any atom is 0.319 e. The van der Waals surface area contributed by atoms with Crippen LogP contribution in [0.3, 0.4) is 0 Å². The Bertz CT molecular complexity index is 440. The molecule has 1 amide bonds. The molecular weight excluding hydrogens is 242 g/mol. The summed E-state index contributed by atoms with van der Waals surface area (Å²) in [6.07, 6.45) is 0.584. The zero-order chi connectivity index (χ0) is 14.5. The molecule has 4 heteroatoms. The summed E-state index contributed by atoms with van der Waals surface area (Å²) in [5.74, 6) is -2.12. The molecule has 4 nitrogen and oxygen atoms in total. The van der Waals surface area contributed by atoms with E-state index in [-0.39, 0.29) is 6.61 Å². The van der Waals surface area contributed by atoms with Crippen LogP contribution in [0, 0.1) is 11.3 Å². The van der Waals surface area contributed by atoms with E-state index in [2.05, 4.69) is 0 Å². The molecule has 0 heterocycles. The Morgan fingerprint density at radius 3 is 2.32 bits per heavy atom. The van der Waals surface area contributed by atoms with E-state index in [1.807, 2.05) is 44.2 Å². The number of amides is 1. The van der Waals surface area contributed by atoms with E-state index < -0.39 is 23.2 Å². The molecule has 0 aliphatic carbocycles. The van der Waals surface area contributed by atoms with Crippen molar-refractivity contribution >= 4 is 11.9 Å². The number of hydrogen-bond donors (Lipinski definition) is 1. The summed E-state index contributed by atoms with van der Waals surface area (Å²) in [6, 6.07) is 9.70. The maximum absolute atomic E-state index is 11.9. The average molecular weight is 263 g/mol. The molecule has 0 saturated carbocycles. The number of ether oxygens (including phenoxy) is 1. The molecule has 0 aliphatic rings. The Hall–Kier alpha value is -1.84. The van der Waals surface area contributed by atoms with Crippen LogP contribution in [0.2, 0.25) is 0 Å². The van der Waals surface area contributed by atoms with Gasteiger partial charge in [-0.2, -0.15) is 0 Å². The summed E-state index contributed by atoms with van der Waals surface area (Å²) in [5, 5.41) is 0. The van der Waals surface area contributed by atoms with Crippen LogP contribution in [0.25, 0.3) is 0 Å². The zero-order valence-corrected chi connectivity index (χ0v) is 11.7. The molecule has 1 atom stereocenters. The summed E-state index contributed by atoms with van der Waals surface area (Å²) in [5.41, 5.74) is 5.84. The lowest BCUT2D eigenvalue weighted by molar-refractivity contribution is -0.156. The van der Waals surface area contributed by atoms with Gasteiger partial charge >= 0.3 is 5.97 Å². The Morgan fingerprint density at radius 1 is 1.26 bits per heavy atom. The van der Waals surface area contributed by atoms with Gasteiger partial charge in [0.15, 0.2) is 0 Å².